The number of aliphatic hydroxyl groups excluding tert-OH is 1. The molecule has 0 bridgehead atoms. The summed E-state index contributed by atoms with van der Waals surface area (Å²) in [5.41, 5.74) is 2.00. The number of anilines is 1. The molecule has 0 aromatic carbocycles. The minimum atomic E-state index is -0.109. The van der Waals surface area contributed by atoms with Gasteiger partial charge in [0.2, 0.25) is 11.9 Å². The molecule has 1 amide bonds. The van der Waals surface area contributed by atoms with Crippen LogP contribution in [-0.2, 0) is 11.3 Å². The first-order valence-electron chi connectivity index (χ1n) is 8.50. The second-order valence-corrected chi connectivity index (χ2v) is 6.47. The summed E-state index contributed by atoms with van der Waals surface area (Å²) < 4.78 is 1.84. The Balaban J connectivity index is 1.55. The van der Waals surface area contributed by atoms with Gasteiger partial charge in [-0.05, 0) is 26.0 Å². The summed E-state index contributed by atoms with van der Waals surface area (Å²) in [7, 11) is 0. The number of carbonyl (C=O) groups is 1. The monoisotopic (exact) mass is 344 g/mol. The van der Waals surface area contributed by atoms with E-state index in [0.29, 0.717) is 32.0 Å². The molecule has 0 aliphatic carbocycles. The standard InChI is InChI=1S/C17H24N6O2/c1-12-8-13(2)23(21-12)7-4-16(25)20-15-10-22(9-14(15)11-24)17-18-5-3-6-19-17/h3,5-6,8,14-15,24H,4,7,9-11H2,1-2H3,(H,20,25)/t14-,15+/m0/s1. The molecule has 0 spiro atoms. The van der Waals surface area contributed by atoms with Crippen LogP contribution in [-0.4, -0.2) is 56.5 Å². The lowest BCUT2D eigenvalue weighted by Gasteiger charge is -2.18. The Morgan fingerprint density at radius 2 is 2.08 bits per heavy atom. The van der Waals surface area contributed by atoms with Crippen LogP contribution in [0.15, 0.2) is 24.5 Å². The molecule has 134 valence electrons. The van der Waals surface area contributed by atoms with Gasteiger partial charge in [-0.2, -0.15) is 5.10 Å². The van der Waals surface area contributed by atoms with Crippen molar-refractivity contribution in [2.75, 3.05) is 24.6 Å². The highest BCUT2D eigenvalue weighted by atomic mass is 16.3. The molecule has 3 heterocycles. The molecule has 1 aliphatic rings. The average molecular weight is 344 g/mol. The molecule has 2 atom stereocenters. The molecule has 2 N–H and O–H groups in total. The van der Waals surface area contributed by atoms with E-state index in [1.165, 1.54) is 0 Å². The van der Waals surface area contributed by atoms with Crippen molar-refractivity contribution in [3.8, 4) is 0 Å². The number of hydrogen-bond donors (Lipinski definition) is 2. The van der Waals surface area contributed by atoms with Gasteiger partial charge >= 0.3 is 0 Å². The third-order valence-corrected chi connectivity index (χ3v) is 4.51. The van der Waals surface area contributed by atoms with Crippen LogP contribution in [0.3, 0.4) is 0 Å². The number of rotatable bonds is 6. The number of nitrogens with one attached hydrogen (secondary N) is 1. The van der Waals surface area contributed by atoms with Crippen LogP contribution in [0, 0.1) is 19.8 Å². The van der Waals surface area contributed by atoms with Crippen molar-refractivity contribution in [3.63, 3.8) is 0 Å². The van der Waals surface area contributed by atoms with E-state index >= 15 is 0 Å². The van der Waals surface area contributed by atoms with E-state index in [2.05, 4.69) is 20.4 Å². The van der Waals surface area contributed by atoms with Gasteiger partial charge in [-0.25, -0.2) is 9.97 Å². The van der Waals surface area contributed by atoms with Gasteiger partial charge in [0.05, 0.1) is 11.7 Å². The number of hydrogen-bond acceptors (Lipinski definition) is 6. The lowest BCUT2D eigenvalue weighted by atomic mass is 10.1. The second kappa shape index (κ2) is 7.60. The fourth-order valence-corrected chi connectivity index (χ4v) is 3.23. The lowest BCUT2D eigenvalue weighted by molar-refractivity contribution is -0.122. The minimum absolute atomic E-state index is 0.0196. The Labute approximate surface area is 146 Å². The van der Waals surface area contributed by atoms with Crippen molar-refractivity contribution in [2.45, 2.75) is 32.9 Å². The topological polar surface area (TPSA) is 96.2 Å². The van der Waals surface area contributed by atoms with E-state index in [1.807, 2.05) is 29.5 Å². The van der Waals surface area contributed by atoms with Crippen LogP contribution in [0.5, 0.6) is 0 Å². The Morgan fingerprint density at radius 3 is 2.72 bits per heavy atom. The van der Waals surface area contributed by atoms with Crippen LogP contribution >= 0.6 is 0 Å². The van der Waals surface area contributed by atoms with E-state index < -0.39 is 0 Å². The van der Waals surface area contributed by atoms with Crippen molar-refractivity contribution in [1.82, 2.24) is 25.1 Å². The number of aliphatic hydroxyl groups is 1. The van der Waals surface area contributed by atoms with Crippen LogP contribution in [0.25, 0.3) is 0 Å². The Hall–Kier alpha value is -2.48. The van der Waals surface area contributed by atoms with Gasteiger partial charge in [0.1, 0.15) is 0 Å². The average Bonchev–Trinajstić information content (AvgIpc) is 3.16. The first kappa shape index (κ1) is 17.3. The maximum atomic E-state index is 12.3. The van der Waals surface area contributed by atoms with E-state index in [-0.39, 0.29) is 24.5 Å². The summed E-state index contributed by atoms with van der Waals surface area (Å²) in [6.45, 7) is 5.71. The van der Waals surface area contributed by atoms with Crippen LogP contribution < -0.4 is 10.2 Å². The summed E-state index contributed by atoms with van der Waals surface area (Å²) in [4.78, 5) is 22.8. The zero-order valence-electron chi connectivity index (χ0n) is 14.6. The minimum Gasteiger partial charge on any atom is -0.396 e. The molecule has 0 unspecified atom stereocenters. The molecular formula is C17H24N6O2. The zero-order valence-corrected chi connectivity index (χ0v) is 14.6. The van der Waals surface area contributed by atoms with Crippen molar-refractivity contribution >= 4 is 11.9 Å². The van der Waals surface area contributed by atoms with Gasteiger partial charge < -0.3 is 15.3 Å². The number of aryl methyl sites for hydroxylation is 3. The summed E-state index contributed by atoms with van der Waals surface area (Å²) in [6.07, 6.45) is 3.74. The van der Waals surface area contributed by atoms with E-state index in [9.17, 15) is 9.90 Å². The Kier molecular flexibility index (Phi) is 5.28. The first-order chi connectivity index (χ1) is 12.1. The smallest absolute Gasteiger partial charge is 0.225 e. The van der Waals surface area contributed by atoms with Crippen LogP contribution in [0.4, 0.5) is 5.95 Å². The van der Waals surface area contributed by atoms with Crippen molar-refractivity contribution < 1.29 is 9.90 Å². The van der Waals surface area contributed by atoms with Gasteiger partial charge in [-0.15, -0.1) is 0 Å². The molecule has 2 aromatic heterocycles. The summed E-state index contributed by atoms with van der Waals surface area (Å²) in [5, 5.41) is 17.0. The van der Waals surface area contributed by atoms with Gasteiger partial charge in [-0.3, -0.25) is 9.48 Å². The summed E-state index contributed by atoms with van der Waals surface area (Å²) in [5.74, 6) is 0.564. The highest BCUT2D eigenvalue weighted by Gasteiger charge is 2.34. The summed E-state index contributed by atoms with van der Waals surface area (Å²) >= 11 is 0. The lowest BCUT2D eigenvalue weighted by Crippen LogP contribution is -2.42. The predicted molar refractivity (Wildman–Crippen MR) is 93.1 cm³/mol. The number of carbonyl (C=O) groups excluding carboxylic acids is 1. The van der Waals surface area contributed by atoms with E-state index in [1.54, 1.807) is 18.5 Å². The molecule has 0 radical (unpaired) electrons. The molecule has 8 heteroatoms. The predicted octanol–water partition coefficient (Wildman–Crippen LogP) is 0.294. The summed E-state index contributed by atoms with van der Waals surface area (Å²) in [6, 6.07) is 3.65. The molecule has 25 heavy (non-hydrogen) atoms. The zero-order chi connectivity index (χ0) is 17.8. The first-order valence-corrected chi connectivity index (χ1v) is 8.50. The molecular weight excluding hydrogens is 320 g/mol. The third kappa shape index (κ3) is 4.14. The van der Waals surface area contributed by atoms with Crippen LogP contribution in [0.2, 0.25) is 0 Å². The van der Waals surface area contributed by atoms with E-state index in [0.717, 1.165) is 11.4 Å². The maximum Gasteiger partial charge on any atom is 0.225 e. The largest absolute Gasteiger partial charge is 0.396 e. The van der Waals surface area contributed by atoms with Crippen molar-refractivity contribution in [1.29, 1.82) is 0 Å². The highest BCUT2D eigenvalue weighted by molar-refractivity contribution is 5.76. The van der Waals surface area contributed by atoms with Gasteiger partial charge in [0.25, 0.3) is 0 Å². The molecule has 1 saturated heterocycles. The fourth-order valence-electron chi connectivity index (χ4n) is 3.23. The maximum absolute atomic E-state index is 12.3. The number of amides is 1. The van der Waals surface area contributed by atoms with Gasteiger partial charge in [0, 0.05) is 56.7 Å². The SMILES string of the molecule is Cc1cc(C)n(CCC(=O)N[C@@H]2CN(c3ncccn3)C[C@H]2CO)n1. The third-order valence-electron chi connectivity index (χ3n) is 4.51. The number of aromatic nitrogens is 4. The fraction of sp³-hybridized carbons (Fsp3) is 0.529. The molecule has 0 saturated carbocycles. The Bertz CT molecular complexity index is 717. The molecule has 8 nitrogen and oxygen atoms in total. The molecule has 1 aliphatic heterocycles. The molecule has 1 fully saturated rings. The number of nitrogens with zero attached hydrogens (tertiary/aromatic N) is 5. The van der Waals surface area contributed by atoms with E-state index in [4.69, 9.17) is 0 Å². The van der Waals surface area contributed by atoms with Crippen molar-refractivity contribution in [3.05, 3.63) is 35.9 Å². The van der Waals surface area contributed by atoms with Crippen molar-refractivity contribution in [2.24, 2.45) is 5.92 Å². The molecule has 2 aromatic rings. The normalized spacial score (nSPS) is 20.0. The van der Waals surface area contributed by atoms with Gasteiger partial charge in [0.15, 0.2) is 0 Å². The van der Waals surface area contributed by atoms with Gasteiger partial charge in [-0.1, -0.05) is 0 Å². The highest BCUT2D eigenvalue weighted by Crippen LogP contribution is 2.20. The second-order valence-electron chi connectivity index (χ2n) is 6.47. The quantitative estimate of drug-likeness (QED) is 0.782. The van der Waals surface area contributed by atoms with Crippen LogP contribution in [0.1, 0.15) is 17.8 Å². The molecule has 3 rings (SSSR count). The Morgan fingerprint density at radius 1 is 1.32 bits per heavy atom.